The number of pyridine rings is 1. The van der Waals surface area contributed by atoms with Gasteiger partial charge in [-0.15, -0.1) is 0 Å². The Hall–Kier alpha value is -1.76. The van der Waals surface area contributed by atoms with Crippen molar-refractivity contribution in [3.8, 4) is 11.6 Å². The number of nitrogens with two attached hydrogens (primary N) is 2. The molecule has 0 saturated heterocycles. The van der Waals surface area contributed by atoms with Gasteiger partial charge in [0.1, 0.15) is 17.3 Å². The Morgan fingerprint density at radius 3 is 2.65 bits per heavy atom. The smallest absolute Gasteiger partial charge is 0.184 e. The number of hydrogen-bond donors (Lipinski definition) is 2. The topological polar surface area (TPSA) is 92.0 Å². The van der Waals surface area contributed by atoms with Crippen LogP contribution in [-0.2, 0) is 0 Å². The Morgan fingerprint density at radius 1 is 1.41 bits per heavy atom. The highest BCUT2D eigenvalue weighted by molar-refractivity contribution is 9.10. The van der Waals surface area contributed by atoms with E-state index < -0.39 is 0 Å². The number of ether oxygens (including phenoxy) is 1. The molecule has 2 aromatic rings. The molecule has 0 aromatic carbocycles. The predicted octanol–water partition coefficient (Wildman–Crippen LogP) is 1.51. The first-order valence-corrected chi connectivity index (χ1v) is 5.64. The highest BCUT2D eigenvalue weighted by Gasteiger charge is 2.16. The first kappa shape index (κ1) is 11.7. The Balaban J connectivity index is 2.68. The summed E-state index contributed by atoms with van der Waals surface area (Å²) in [6, 6.07) is 1.69. The number of hydrogen-bond acceptors (Lipinski definition) is 5. The van der Waals surface area contributed by atoms with Crippen LogP contribution in [0.5, 0.6) is 5.75 Å². The van der Waals surface area contributed by atoms with E-state index in [1.165, 1.54) is 0 Å². The van der Waals surface area contributed by atoms with E-state index in [9.17, 15) is 0 Å². The number of nitrogens with zero attached hydrogens (tertiary/aromatic N) is 3. The van der Waals surface area contributed by atoms with Gasteiger partial charge in [0.05, 0.1) is 12.8 Å². The van der Waals surface area contributed by atoms with Crippen LogP contribution in [0.1, 0.15) is 5.69 Å². The van der Waals surface area contributed by atoms with Crippen molar-refractivity contribution >= 4 is 27.4 Å². The first-order chi connectivity index (χ1) is 8.06. The van der Waals surface area contributed by atoms with Crippen molar-refractivity contribution in [2.45, 2.75) is 6.92 Å². The molecule has 0 atom stereocenters. The lowest BCUT2D eigenvalue weighted by Gasteiger charge is -2.11. The lowest BCUT2D eigenvalue weighted by atomic mass is 10.3. The minimum Gasteiger partial charge on any atom is -0.494 e. The van der Waals surface area contributed by atoms with Crippen molar-refractivity contribution < 1.29 is 4.74 Å². The number of aromatic nitrogens is 3. The molecule has 0 aliphatic rings. The normalized spacial score (nSPS) is 10.5. The molecule has 0 radical (unpaired) electrons. The number of anilines is 2. The molecule has 2 heterocycles. The summed E-state index contributed by atoms with van der Waals surface area (Å²) in [6.45, 7) is 1.81. The van der Waals surface area contributed by atoms with Gasteiger partial charge in [-0.25, -0.2) is 9.97 Å². The average Bonchev–Trinajstić information content (AvgIpc) is 2.54. The summed E-state index contributed by atoms with van der Waals surface area (Å²) in [7, 11) is 1.55. The number of methoxy groups -OCH3 is 1. The van der Waals surface area contributed by atoms with Gasteiger partial charge in [-0.3, -0.25) is 4.57 Å². The molecule has 2 aromatic heterocycles. The Morgan fingerprint density at radius 2 is 2.12 bits per heavy atom. The third-order valence-electron chi connectivity index (χ3n) is 2.42. The van der Waals surface area contributed by atoms with Crippen LogP contribution in [0.25, 0.3) is 5.82 Å². The highest BCUT2D eigenvalue weighted by Crippen LogP contribution is 2.30. The molecule has 0 bridgehead atoms. The lowest BCUT2D eigenvalue weighted by Crippen LogP contribution is -2.07. The number of rotatable bonds is 2. The molecule has 0 unspecified atom stereocenters. The second kappa shape index (κ2) is 4.25. The zero-order valence-corrected chi connectivity index (χ0v) is 11.0. The molecule has 0 saturated carbocycles. The fourth-order valence-corrected chi connectivity index (χ4v) is 2.13. The summed E-state index contributed by atoms with van der Waals surface area (Å²) in [6.07, 6.45) is 1.60. The largest absolute Gasteiger partial charge is 0.494 e. The number of nitrogen functional groups attached to an aromatic ring is 2. The van der Waals surface area contributed by atoms with Crippen molar-refractivity contribution in [3.05, 3.63) is 22.7 Å². The standard InChI is InChI=1S/C10H12BrN5O/c1-5-8(13)16(10(11)15-5)9-7(12)6(17-2)3-4-14-9/h3-4H,12-13H2,1-2H3. The van der Waals surface area contributed by atoms with Gasteiger partial charge in [-0.2, -0.15) is 0 Å². The van der Waals surface area contributed by atoms with Gasteiger partial charge in [0.25, 0.3) is 0 Å². The van der Waals surface area contributed by atoms with E-state index in [0.717, 1.165) is 0 Å². The Labute approximate surface area is 107 Å². The molecule has 90 valence electrons. The SMILES string of the molecule is COc1ccnc(-n2c(Br)nc(C)c2N)c1N. The maximum absolute atomic E-state index is 5.96. The average molecular weight is 298 g/mol. The summed E-state index contributed by atoms with van der Waals surface area (Å²) in [5, 5.41) is 0. The highest BCUT2D eigenvalue weighted by atomic mass is 79.9. The lowest BCUT2D eigenvalue weighted by molar-refractivity contribution is 0.416. The van der Waals surface area contributed by atoms with Crippen molar-refractivity contribution in [3.63, 3.8) is 0 Å². The van der Waals surface area contributed by atoms with E-state index in [2.05, 4.69) is 25.9 Å². The molecule has 6 nitrogen and oxygen atoms in total. The van der Waals surface area contributed by atoms with E-state index >= 15 is 0 Å². The molecular formula is C10H12BrN5O. The minimum atomic E-state index is 0.416. The molecule has 0 aliphatic carbocycles. The van der Waals surface area contributed by atoms with Crippen LogP contribution in [0, 0.1) is 6.92 Å². The van der Waals surface area contributed by atoms with Gasteiger partial charge in [0.2, 0.25) is 0 Å². The van der Waals surface area contributed by atoms with E-state index in [1.807, 2.05) is 6.92 Å². The molecular weight excluding hydrogens is 286 g/mol. The first-order valence-electron chi connectivity index (χ1n) is 4.85. The summed E-state index contributed by atoms with van der Waals surface area (Å²) in [5.74, 6) is 1.53. The van der Waals surface area contributed by atoms with Crippen LogP contribution >= 0.6 is 15.9 Å². The third-order valence-corrected chi connectivity index (χ3v) is 2.95. The predicted molar refractivity (Wildman–Crippen MR) is 69.2 cm³/mol. The molecule has 7 heteroatoms. The fourth-order valence-electron chi connectivity index (χ4n) is 1.51. The summed E-state index contributed by atoms with van der Waals surface area (Å²) in [4.78, 5) is 8.40. The van der Waals surface area contributed by atoms with Gasteiger partial charge < -0.3 is 16.2 Å². The molecule has 0 aliphatic heterocycles. The van der Waals surface area contributed by atoms with Crippen molar-refractivity contribution in [1.82, 2.24) is 14.5 Å². The van der Waals surface area contributed by atoms with Crippen molar-refractivity contribution in [2.24, 2.45) is 0 Å². The minimum absolute atomic E-state index is 0.416. The van der Waals surface area contributed by atoms with Crippen LogP contribution < -0.4 is 16.2 Å². The van der Waals surface area contributed by atoms with Crippen LogP contribution in [0.4, 0.5) is 11.5 Å². The van der Waals surface area contributed by atoms with Crippen molar-refractivity contribution in [1.29, 1.82) is 0 Å². The monoisotopic (exact) mass is 297 g/mol. The fraction of sp³-hybridized carbons (Fsp3) is 0.200. The third kappa shape index (κ3) is 1.82. The number of aryl methyl sites for hydroxylation is 1. The summed E-state index contributed by atoms with van der Waals surface area (Å²) in [5.41, 5.74) is 13.0. The maximum Gasteiger partial charge on any atom is 0.184 e. The number of halogens is 1. The maximum atomic E-state index is 5.96. The molecule has 4 N–H and O–H groups in total. The number of imidazole rings is 1. The van der Waals surface area contributed by atoms with Gasteiger partial charge in [0, 0.05) is 12.3 Å². The molecule has 2 rings (SSSR count). The second-order valence-corrected chi connectivity index (χ2v) is 4.15. The Kier molecular flexibility index (Phi) is 2.93. The van der Waals surface area contributed by atoms with Gasteiger partial charge >= 0.3 is 0 Å². The van der Waals surface area contributed by atoms with E-state index in [0.29, 0.717) is 33.5 Å². The van der Waals surface area contributed by atoms with Gasteiger partial charge in [0.15, 0.2) is 10.6 Å². The van der Waals surface area contributed by atoms with Crippen LogP contribution in [-0.4, -0.2) is 21.6 Å². The van der Waals surface area contributed by atoms with Gasteiger partial charge in [-0.05, 0) is 22.9 Å². The zero-order chi connectivity index (χ0) is 12.6. The molecule has 0 amide bonds. The van der Waals surface area contributed by atoms with Crippen LogP contribution in [0.15, 0.2) is 17.0 Å². The molecule has 0 fully saturated rings. The second-order valence-electron chi connectivity index (χ2n) is 3.44. The summed E-state index contributed by atoms with van der Waals surface area (Å²) >= 11 is 3.32. The van der Waals surface area contributed by atoms with E-state index in [4.69, 9.17) is 16.2 Å². The zero-order valence-electron chi connectivity index (χ0n) is 9.44. The van der Waals surface area contributed by atoms with Crippen LogP contribution in [0.2, 0.25) is 0 Å². The summed E-state index contributed by atoms with van der Waals surface area (Å²) < 4.78 is 7.33. The van der Waals surface area contributed by atoms with Gasteiger partial charge in [-0.1, -0.05) is 0 Å². The Bertz CT molecular complexity index is 566. The quantitative estimate of drug-likeness (QED) is 0.876. The molecule has 17 heavy (non-hydrogen) atoms. The molecule has 0 spiro atoms. The van der Waals surface area contributed by atoms with E-state index in [1.54, 1.807) is 23.9 Å². The van der Waals surface area contributed by atoms with Crippen LogP contribution in [0.3, 0.4) is 0 Å². The van der Waals surface area contributed by atoms with E-state index in [-0.39, 0.29) is 0 Å². The van der Waals surface area contributed by atoms with Crippen molar-refractivity contribution in [2.75, 3.05) is 18.6 Å².